The summed E-state index contributed by atoms with van der Waals surface area (Å²) in [7, 11) is 0. The SMILES string of the molecule is CCn1nc(CCCOC(=O)c2ccc(Cl)cc2C(F)(F)F)c2c1C(=O)NCC1(CCOCC1)C2. The van der Waals surface area contributed by atoms with E-state index < -0.39 is 23.3 Å². The molecule has 11 heteroatoms. The number of rotatable bonds is 6. The third kappa shape index (κ3) is 5.48. The zero-order valence-corrected chi connectivity index (χ0v) is 20.1. The van der Waals surface area contributed by atoms with Gasteiger partial charge in [0.2, 0.25) is 0 Å². The number of carbonyl (C=O) groups is 2. The summed E-state index contributed by atoms with van der Waals surface area (Å²) in [4.78, 5) is 25.2. The van der Waals surface area contributed by atoms with E-state index in [1.807, 2.05) is 6.92 Å². The van der Waals surface area contributed by atoms with Crippen molar-refractivity contribution in [3.63, 3.8) is 0 Å². The second-order valence-corrected chi connectivity index (χ2v) is 9.43. The maximum absolute atomic E-state index is 13.3. The molecule has 1 amide bonds. The van der Waals surface area contributed by atoms with Crippen molar-refractivity contribution in [3.05, 3.63) is 51.3 Å². The largest absolute Gasteiger partial charge is 0.462 e. The number of aromatic nitrogens is 2. The topological polar surface area (TPSA) is 82.5 Å². The Hall–Kier alpha value is -2.59. The van der Waals surface area contributed by atoms with Gasteiger partial charge in [0.05, 0.1) is 23.4 Å². The maximum atomic E-state index is 13.3. The van der Waals surface area contributed by atoms with Crippen molar-refractivity contribution in [2.24, 2.45) is 5.41 Å². The van der Waals surface area contributed by atoms with E-state index in [-0.39, 0.29) is 23.0 Å². The Morgan fingerprint density at radius 2 is 2.06 bits per heavy atom. The van der Waals surface area contributed by atoms with Gasteiger partial charge in [-0.25, -0.2) is 4.79 Å². The molecule has 0 atom stereocenters. The lowest BCUT2D eigenvalue weighted by molar-refractivity contribution is -0.138. The Kier molecular flexibility index (Phi) is 7.42. The predicted molar refractivity (Wildman–Crippen MR) is 121 cm³/mol. The van der Waals surface area contributed by atoms with Gasteiger partial charge < -0.3 is 14.8 Å². The van der Waals surface area contributed by atoms with E-state index in [0.717, 1.165) is 30.2 Å². The second kappa shape index (κ2) is 10.2. The molecule has 1 aromatic carbocycles. The molecule has 0 aliphatic carbocycles. The minimum Gasteiger partial charge on any atom is -0.462 e. The van der Waals surface area contributed by atoms with Gasteiger partial charge in [0.25, 0.3) is 5.91 Å². The van der Waals surface area contributed by atoms with Crippen LogP contribution >= 0.6 is 11.6 Å². The zero-order chi connectivity index (χ0) is 25.2. The molecule has 0 saturated carbocycles. The quantitative estimate of drug-likeness (QED) is 0.456. The first-order valence-electron chi connectivity index (χ1n) is 11.6. The van der Waals surface area contributed by atoms with Crippen molar-refractivity contribution >= 4 is 23.5 Å². The highest BCUT2D eigenvalue weighted by molar-refractivity contribution is 6.30. The number of halogens is 4. The Bertz CT molecular complexity index is 1110. The van der Waals surface area contributed by atoms with Crippen molar-refractivity contribution in [1.82, 2.24) is 15.1 Å². The monoisotopic (exact) mass is 513 g/mol. The first kappa shape index (κ1) is 25.5. The van der Waals surface area contributed by atoms with Gasteiger partial charge >= 0.3 is 12.1 Å². The van der Waals surface area contributed by atoms with Gasteiger partial charge in [-0.15, -0.1) is 0 Å². The number of hydrogen-bond acceptors (Lipinski definition) is 5. The molecule has 2 aliphatic rings. The van der Waals surface area contributed by atoms with Crippen LogP contribution in [-0.4, -0.2) is 48.0 Å². The van der Waals surface area contributed by atoms with Gasteiger partial charge in [0.15, 0.2) is 0 Å². The molecule has 4 rings (SSSR count). The molecule has 35 heavy (non-hydrogen) atoms. The van der Waals surface area contributed by atoms with Crippen LogP contribution in [0.25, 0.3) is 0 Å². The number of hydrogen-bond donors (Lipinski definition) is 1. The predicted octanol–water partition coefficient (Wildman–Crippen LogP) is 4.45. The van der Waals surface area contributed by atoms with E-state index in [1.165, 1.54) is 6.07 Å². The second-order valence-electron chi connectivity index (χ2n) is 8.99. The van der Waals surface area contributed by atoms with Gasteiger partial charge in [-0.2, -0.15) is 18.3 Å². The third-order valence-corrected chi connectivity index (χ3v) is 6.91. The smallest absolute Gasteiger partial charge is 0.417 e. The number of aryl methyl sites for hydroxylation is 2. The first-order valence-corrected chi connectivity index (χ1v) is 12.0. The summed E-state index contributed by atoms with van der Waals surface area (Å²) in [6.45, 7) is 4.21. The minimum absolute atomic E-state index is 0.0856. The number of carbonyl (C=O) groups excluding carboxylic acids is 2. The Balaban J connectivity index is 1.46. The van der Waals surface area contributed by atoms with Crippen LogP contribution in [-0.2, 0) is 35.0 Å². The molecule has 0 radical (unpaired) electrons. The third-order valence-electron chi connectivity index (χ3n) is 6.68. The van der Waals surface area contributed by atoms with Crippen LogP contribution in [0.3, 0.4) is 0 Å². The van der Waals surface area contributed by atoms with Gasteiger partial charge in [-0.3, -0.25) is 9.48 Å². The Morgan fingerprint density at radius 1 is 1.31 bits per heavy atom. The fourth-order valence-electron chi connectivity index (χ4n) is 4.78. The summed E-state index contributed by atoms with van der Waals surface area (Å²) < 4.78 is 52.2. The van der Waals surface area contributed by atoms with Crippen LogP contribution in [0.2, 0.25) is 5.02 Å². The van der Waals surface area contributed by atoms with E-state index in [1.54, 1.807) is 4.68 Å². The van der Waals surface area contributed by atoms with Gasteiger partial charge in [-0.1, -0.05) is 11.6 Å². The molecule has 1 fully saturated rings. The number of nitrogens with zero attached hydrogens (tertiary/aromatic N) is 2. The van der Waals surface area contributed by atoms with E-state index in [0.29, 0.717) is 57.3 Å². The molecular weight excluding hydrogens is 487 g/mol. The van der Waals surface area contributed by atoms with Crippen LogP contribution in [0, 0.1) is 5.41 Å². The van der Waals surface area contributed by atoms with Crippen molar-refractivity contribution in [3.8, 4) is 0 Å². The molecule has 1 spiro atoms. The molecule has 0 unspecified atom stereocenters. The molecule has 1 aromatic heterocycles. The van der Waals surface area contributed by atoms with Crippen molar-refractivity contribution in [2.45, 2.75) is 51.7 Å². The molecule has 2 aliphatic heterocycles. The molecule has 3 heterocycles. The molecular formula is C24H27ClF3N3O4. The lowest BCUT2D eigenvalue weighted by atomic mass is 9.75. The van der Waals surface area contributed by atoms with Crippen LogP contribution < -0.4 is 5.32 Å². The average molecular weight is 514 g/mol. The van der Waals surface area contributed by atoms with E-state index in [2.05, 4.69) is 10.4 Å². The van der Waals surface area contributed by atoms with E-state index in [9.17, 15) is 22.8 Å². The summed E-state index contributed by atoms with van der Waals surface area (Å²) in [6.07, 6.45) is -1.59. The van der Waals surface area contributed by atoms with Gasteiger partial charge in [0.1, 0.15) is 5.69 Å². The van der Waals surface area contributed by atoms with Crippen LogP contribution in [0.4, 0.5) is 13.2 Å². The summed E-state index contributed by atoms with van der Waals surface area (Å²) >= 11 is 5.67. The maximum Gasteiger partial charge on any atom is 0.417 e. The van der Waals surface area contributed by atoms with Crippen LogP contribution in [0.5, 0.6) is 0 Å². The van der Waals surface area contributed by atoms with E-state index >= 15 is 0 Å². The highest BCUT2D eigenvalue weighted by atomic mass is 35.5. The number of alkyl halides is 3. The van der Waals surface area contributed by atoms with Crippen LogP contribution in [0.1, 0.15) is 63.9 Å². The number of benzene rings is 1. The molecule has 0 bridgehead atoms. The average Bonchev–Trinajstić information content (AvgIpc) is 3.10. The molecule has 2 aromatic rings. The van der Waals surface area contributed by atoms with Crippen molar-refractivity contribution in [1.29, 1.82) is 0 Å². The zero-order valence-electron chi connectivity index (χ0n) is 19.3. The molecule has 1 saturated heterocycles. The Labute approximate surface area is 205 Å². The van der Waals surface area contributed by atoms with Crippen molar-refractivity contribution in [2.75, 3.05) is 26.4 Å². The van der Waals surface area contributed by atoms with Gasteiger partial charge in [-0.05, 0) is 62.6 Å². The highest BCUT2D eigenvalue weighted by Crippen LogP contribution is 2.38. The molecule has 190 valence electrons. The Morgan fingerprint density at radius 3 is 2.74 bits per heavy atom. The molecule has 1 N–H and O–H groups in total. The molecule has 7 nitrogen and oxygen atoms in total. The number of ether oxygens (including phenoxy) is 2. The number of fused-ring (bicyclic) bond motifs is 1. The first-order chi connectivity index (χ1) is 16.6. The lowest BCUT2D eigenvalue weighted by Crippen LogP contribution is -2.40. The van der Waals surface area contributed by atoms with Crippen molar-refractivity contribution < 1.29 is 32.2 Å². The fourth-order valence-corrected chi connectivity index (χ4v) is 4.95. The van der Waals surface area contributed by atoms with Crippen LogP contribution in [0.15, 0.2) is 18.2 Å². The normalized spacial score (nSPS) is 17.6. The number of nitrogens with one attached hydrogen (secondary N) is 1. The number of esters is 1. The highest BCUT2D eigenvalue weighted by Gasteiger charge is 2.40. The minimum atomic E-state index is -4.73. The fraction of sp³-hybridized carbons (Fsp3) is 0.542. The van der Waals surface area contributed by atoms with Gasteiger partial charge in [0, 0.05) is 36.9 Å². The summed E-state index contributed by atoms with van der Waals surface area (Å²) in [5.41, 5.74) is 0.401. The summed E-state index contributed by atoms with van der Waals surface area (Å²) in [5, 5.41) is 7.56. The lowest BCUT2D eigenvalue weighted by Gasteiger charge is -2.36. The standard InChI is InChI=1S/C24H27ClF3N3O4/c1-2-31-20-17(13-23(14-29-21(20)32)7-10-34-11-8-23)19(30-31)4-3-9-35-22(33)16-6-5-15(25)12-18(16)24(26,27)28/h5-6,12H,2-4,7-11,13-14H2,1H3,(H,29,32). The summed E-state index contributed by atoms with van der Waals surface area (Å²) in [5.74, 6) is -1.22. The summed E-state index contributed by atoms with van der Waals surface area (Å²) in [6, 6.07) is 2.95. The number of amides is 1. The van der Waals surface area contributed by atoms with E-state index in [4.69, 9.17) is 21.1 Å².